The monoisotopic (exact) mass is 263 g/mol. The summed E-state index contributed by atoms with van der Waals surface area (Å²) in [5.41, 5.74) is 2.42. The van der Waals surface area contributed by atoms with Crippen LogP contribution in [0.25, 0.3) is 0 Å². The zero-order chi connectivity index (χ0) is 14.3. The first-order chi connectivity index (χ1) is 9.06. The summed E-state index contributed by atoms with van der Waals surface area (Å²) in [6.07, 6.45) is 2.38. The lowest BCUT2D eigenvalue weighted by atomic mass is 10.1. The molecule has 0 aliphatic heterocycles. The number of nitrogens with zero attached hydrogens (tertiary/aromatic N) is 2. The van der Waals surface area contributed by atoms with E-state index in [4.69, 9.17) is 0 Å². The van der Waals surface area contributed by atoms with Crippen LogP contribution in [0.4, 0.5) is 5.82 Å². The summed E-state index contributed by atoms with van der Waals surface area (Å²) in [6, 6.07) is 4.38. The number of aromatic nitrogens is 1. The molecule has 19 heavy (non-hydrogen) atoms. The molecule has 3 nitrogen and oxygen atoms in total. The van der Waals surface area contributed by atoms with Gasteiger partial charge in [-0.3, -0.25) is 0 Å². The van der Waals surface area contributed by atoms with Crippen molar-refractivity contribution in [2.24, 2.45) is 5.92 Å². The minimum Gasteiger partial charge on any atom is -0.359 e. The fraction of sp³-hybridized carbons (Fsp3) is 0.688. The Kier molecular flexibility index (Phi) is 6.85. The summed E-state index contributed by atoms with van der Waals surface area (Å²) in [5.74, 6) is 1.79. The molecule has 1 rings (SSSR count). The van der Waals surface area contributed by atoms with E-state index in [1.54, 1.807) is 0 Å². The Morgan fingerprint density at radius 2 is 2.05 bits per heavy atom. The number of pyridine rings is 1. The highest BCUT2D eigenvalue weighted by Gasteiger charge is 2.08. The molecule has 0 amide bonds. The van der Waals surface area contributed by atoms with Crippen LogP contribution in [0.5, 0.6) is 0 Å². The van der Waals surface area contributed by atoms with Crippen LogP contribution in [-0.4, -0.2) is 25.1 Å². The largest absolute Gasteiger partial charge is 0.359 e. The number of hydrogen-bond acceptors (Lipinski definition) is 3. The second kappa shape index (κ2) is 8.16. The van der Waals surface area contributed by atoms with E-state index in [1.165, 1.54) is 18.4 Å². The van der Waals surface area contributed by atoms with Crippen LogP contribution in [0.1, 0.15) is 44.9 Å². The van der Waals surface area contributed by atoms with Gasteiger partial charge < -0.3 is 10.2 Å². The maximum absolute atomic E-state index is 4.65. The molecule has 0 radical (unpaired) electrons. The lowest BCUT2D eigenvalue weighted by Gasteiger charge is -2.22. The number of aryl methyl sites for hydroxylation is 1. The van der Waals surface area contributed by atoms with Crippen molar-refractivity contribution in [3.05, 3.63) is 23.4 Å². The highest BCUT2D eigenvalue weighted by Crippen LogP contribution is 2.16. The standard InChI is InChI=1S/C16H29N3/c1-6-8-17-11-15-9-14(4)18-16(10-15)19(5)12-13(3)7-2/h9-10,13,17H,6-8,11-12H2,1-5H3. The van der Waals surface area contributed by atoms with E-state index < -0.39 is 0 Å². The van der Waals surface area contributed by atoms with Gasteiger partial charge in [-0.25, -0.2) is 4.98 Å². The maximum atomic E-state index is 4.65. The van der Waals surface area contributed by atoms with Crippen LogP contribution in [0.15, 0.2) is 12.1 Å². The second-order valence-electron chi connectivity index (χ2n) is 5.55. The quantitative estimate of drug-likeness (QED) is 0.729. The Morgan fingerprint density at radius 3 is 2.68 bits per heavy atom. The summed E-state index contributed by atoms with van der Waals surface area (Å²) < 4.78 is 0. The van der Waals surface area contributed by atoms with Crippen LogP contribution in [0.3, 0.4) is 0 Å². The summed E-state index contributed by atoms with van der Waals surface area (Å²) >= 11 is 0. The molecule has 0 aromatic carbocycles. The summed E-state index contributed by atoms with van der Waals surface area (Å²) in [7, 11) is 2.14. The van der Waals surface area contributed by atoms with Crippen molar-refractivity contribution >= 4 is 5.82 Å². The van der Waals surface area contributed by atoms with Crippen molar-refractivity contribution in [1.82, 2.24) is 10.3 Å². The van der Waals surface area contributed by atoms with Gasteiger partial charge in [0.1, 0.15) is 5.82 Å². The molecule has 3 heteroatoms. The third-order valence-electron chi connectivity index (χ3n) is 3.43. The van der Waals surface area contributed by atoms with Crippen molar-refractivity contribution in [2.45, 2.75) is 47.1 Å². The summed E-state index contributed by atoms with van der Waals surface area (Å²) in [5, 5.41) is 3.45. The highest BCUT2D eigenvalue weighted by molar-refractivity contribution is 5.41. The minimum atomic E-state index is 0.703. The fourth-order valence-electron chi connectivity index (χ4n) is 2.12. The van der Waals surface area contributed by atoms with Crippen molar-refractivity contribution < 1.29 is 0 Å². The van der Waals surface area contributed by atoms with Crippen LogP contribution in [0.2, 0.25) is 0 Å². The predicted molar refractivity (Wildman–Crippen MR) is 83.7 cm³/mol. The van der Waals surface area contributed by atoms with Crippen molar-refractivity contribution in [1.29, 1.82) is 0 Å². The first-order valence-electron chi connectivity index (χ1n) is 7.46. The Hall–Kier alpha value is -1.09. The van der Waals surface area contributed by atoms with E-state index >= 15 is 0 Å². The van der Waals surface area contributed by atoms with Gasteiger partial charge in [0, 0.05) is 25.8 Å². The Morgan fingerprint density at radius 1 is 1.32 bits per heavy atom. The summed E-state index contributed by atoms with van der Waals surface area (Å²) in [6.45, 7) is 11.9. The average molecular weight is 263 g/mol. The van der Waals surface area contributed by atoms with Gasteiger partial charge in [-0.1, -0.05) is 27.2 Å². The van der Waals surface area contributed by atoms with E-state index in [1.807, 2.05) is 0 Å². The van der Waals surface area contributed by atoms with Crippen LogP contribution in [0, 0.1) is 12.8 Å². The molecule has 1 unspecified atom stereocenters. The fourth-order valence-corrected chi connectivity index (χ4v) is 2.12. The van der Waals surface area contributed by atoms with Gasteiger partial charge in [0.25, 0.3) is 0 Å². The molecule has 0 aliphatic rings. The third kappa shape index (κ3) is 5.60. The van der Waals surface area contributed by atoms with Gasteiger partial charge >= 0.3 is 0 Å². The molecule has 0 saturated carbocycles. The first kappa shape index (κ1) is 16.0. The smallest absolute Gasteiger partial charge is 0.128 e. The summed E-state index contributed by atoms with van der Waals surface area (Å²) in [4.78, 5) is 6.92. The normalized spacial score (nSPS) is 12.5. The average Bonchev–Trinajstić information content (AvgIpc) is 2.38. The molecule has 1 aromatic heterocycles. The second-order valence-corrected chi connectivity index (χ2v) is 5.55. The van der Waals surface area contributed by atoms with E-state index in [2.05, 4.69) is 62.1 Å². The molecule has 1 heterocycles. The number of rotatable bonds is 8. The van der Waals surface area contributed by atoms with Crippen molar-refractivity contribution in [3.8, 4) is 0 Å². The predicted octanol–water partition coefficient (Wildman–Crippen LogP) is 3.37. The van der Waals surface area contributed by atoms with Crippen molar-refractivity contribution in [3.63, 3.8) is 0 Å². The van der Waals surface area contributed by atoms with E-state index in [-0.39, 0.29) is 0 Å². The maximum Gasteiger partial charge on any atom is 0.128 e. The first-order valence-corrected chi connectivity index (χ1v) is 7.46. The van der Waals surface area contributed by atoms with Crippen LogP contribution in [-0.2, 0) is 6.54 Å². The van der Waals surface area contributed by atoms with Crippen LogP contribution < -0.4 is 10.2 Å². The lowest BCUT2D eigenvalue weighted by molar-refractivity contribution is 0.557. The molecule has 108 valence electrons. The molecular weight excluding hydrogens is 234 g/mol. The van der Waals surface area contributed by atoms with Gasteiger partial charge in [-0.2, -0.15) is 0 Å². The lowest BCUT2D eigenvalue weighted by Crippen LogP contribution is -2.25. The molecule has 0 spiro atoms. The van der Waals surface area contributed by atoms with Gasteiger partial charge in [0.05, 0.1) is 0 Å². The number of hydrogen-bond donors (Lipinski definition) is 1. The number of nitrogens with one attached hydrogen (secondary N) is 1. The number of anilines is 1. The Balaban J connectivity index is 2.72. The zero-order valence-electron chi connectivity index (χ0n) is 13.2. The molecule has 1 aromatic rings. The third-order valence-corrected chi connectivity index (χ3v) is 3.43. The van der Waals surface area contributed by atoms with E-state index in [0.717, 1.165) is 31.1 Å². The van der Waals surface area contributed by atoms with E-state index in [0.29, 0.717) is 5.92 Å². The minimum absolute atomic E-state index is 0.703. The molecule has 0 bridgehead atoms. The van der Waals surface area contributed by atoms with Gasteiger partial charge in [-0.05, 0) is 43.5 Å². The Labute approximate surface area is 118 Å². The molecule has 0 saturated heterocycles. The topological polar surface area (TPSA) is 28.2 Å². The Bertz CT molecular complexity index is 376. The van der Waals surface area contributed by atoms with Gasteiger partial charge in [0.2, 0.25) is 0 Å². The van der Waals surface area contributed by atoms with Gasteiger partial charge in [0.15, 0.2) is 0 Å². The molecule has 1 atom stereocenters. The van der Waals surface area contributed by atoms with Crippen LogP contribution >= 0.6 is 0 Å². The molecule has 0 aliphatic carbocycles. The SMILES string of the molecule is CCCNCc1cc(C)nc(N(C)CC(C)CC)c1. The zero-order valence-corrected chi connectivity index (χ0v) is 13.2. The molecular formula is C16H29N3. The van der Waals surface area contributed by atoms with Gasteiger partial charge in [-0.15, -0.1) is 0 Å². The highest BCUT2D eigenvalue weighted by atomic mass is 15.2. The molecule has 0 fully saturated rings. The van der Waals surface area contributed by atoms with E-state index in [9.17, 15) is 0 Å². The molecule has 1 N–H and O–H groups in total. The van der Waals surface area contributed by atoms with Crippen molar-refractivity contribution in [2.75, 3.05) is 25.0 Å².